The van der Waals surface area contributed by atoms with Crippen LogP contribution < -0.4 is 11.2 Å². The molecule has 3 N–H and O–H groups in total. The molecule has 8 heteroatoms. The number of carbonyl (C=O) groups is 1. The zero-order valence-electron chi connectivity index (χ0n) is 13.4. The van der Waals surface area contributed by atoms with Gasteiger partial charge in [-0.15, -0.1) is 0 Å². The van der Waals surface area contributed by atoms with Gasteiger partial charge in [-0.2, -0.15) is 5.10 Å². The third-order valence-corrected chi connectivity index (χ3v) is 4.34. The molecule has 0 radical (unpaired) electrons. The molecule has 2 heterocycles. The molecule has 3 aromatic rings. The molecule has 1 aromatic carbocycles. The Labute approximate surface area is 143 Å². The van der Waals surface area contributed by atoms with Gasteiger partial charge in [0.2, 0.25) is 5.91 Å². The summed E-state index contributed by atoms with van der Waals surface area (Å²) in [6, 6.07) is 11.6. The molecule has 3 rings (SSSR count). The number of anilines is 1. The second-order valence-corrected chi connectivity index (χ2v) is 6.26. The topological polar surface area (TPSA) is 90.8 Å². The number of rotatable bonds is 5. The van der Waals surface area contributed by atoms with Crippen molar-refractivity contribution < 1.29 is 4.79 Å². The molecule has 7 nitrogen and oxygen atoms in total. The smallest absolute Gasteiger partial charge is 0.235 e. The number of nitrogens with two attached hydrogens (primary N) is 1. The number of hydrogen-bond donors (Lipinski definition) is 2. The number of nitrogen functional groups attached to an aromatic ring is 1. The Morgan fingerprint density at radius 3 is 2.75 bits per heavy atom. The maximum Gasteiger partial charge on any atom is 0.235 e. The van der Waals surface area contributed by atoms with E-state index in [-0.39, 0.29) is 11.7 Å². The second kappa shape index (κ2) is 6.79. The number of benzene rings is 1. The average molecular weight is 342 g/mol. The normalized spacial score (nSPS) is 10.8. The first-order chi connectivity index (χ1) is 11.5. The molecule has 0 fully saturated rings. The van der Waals surface area contributed by atoms with Gasteiger partial charge >= 0.3 is 0 Å². The van der Waals surface area contributed by atoms with Crippen molar-refractivity contribution in [3.05, 3.63) is 48.3 Å². The first-order valence-electron chi connectivity index (χ1n) is 7.36. The Balaban J connectivity index is 1.63. The molecule has 0 bridgehead atoms. The van der Waals surface area contributed by atoms with Crippen molar-refractivity contribution in [2.75, 3.05) is 16.9 Å². The van der Waals surface area contributed by atoms with Crippen LogP contribution in [0.3, 0.4) is 0 Å². The first kappa shape index (κ1) is 16.1. The van der Waals surface area contributed by atoms with E-state index in [2.05, 4.69) is 15.4 Å². The van der Waals surface area contributed by atoms with Crippen LogP contribution in [0.15, 0.2) is 47.8 Å². The van der Waals surface area contributed by atoms with Crippen LogP contribution in [-0.4, -0.2) is 31.1 Å². The van der Waals surface area contributed by atoms with Gasteiger partial charge in [0, 0.05) is 18.7 Å². The maximum atomic E-state index is 12.1. The molecule has 24 heavy (non-hydrogen) atoms. The standard InChI is InChI=1S/C16H18N6OS/c1-11-8-14(21(2)20-11)19-15(23)10-24-16-18-13(9-22(16)17)12-6-4-3-5-7-12/h3-9H,10,17H2,1-2H3,(H,19,23). The van der Waals surface area contributed by atoms with Crippen LogP contribution in [-0.2, 0) is 11.8 Å². The minimum Gasteiger partial charge on any atom is -0.337 e. The fraction of sp³-hybridized carbons (Fsp3) is 0.188. The van der Waals surface area contributed by atoms with Gasteiger partial charge in [-0.3, -0.25) is 9.48 Å². The summed E-state index contributed by atoms with van der Waals surface area (Å²) in [5.41, 5.74) is 2.62. The van der Waals surface area contributed by atoms with Crippen molar-refractivity contribution in [3.63, 3.8) is 0 Å². The van der Waals surface area contributed by atoms with Crippen molar-refractivity contribution in [3.8, 4) is 11.3 Å². The summed E-state index contributed by atoms with van der Waals surface area (Å²) in [4.78, 5) is 16.6. The molecule has 0 aliphatic carbocycles. The molecule has 2 aromatic heterocycles. The van der Waals surface area contributed by atoms with Crippen molar-refractivity contribution in [2.45, 2.75) is 12.1 Å². The quantitative estimate of drug-likeness (QED) is 0.547. The lowest BCUT2D eigenvalue weighted by molar-refractivity contribution is -0.113. The highest BCUT2D eigenvalue weighted by molar-refractivity contribution is 7.99. The maximum absolute atomic E-state index is 12.1. The van der Waals surface area contributed by atoms with E-state index in [1.165, 1.54) is 16.4 Å². The molecular formula is C16H18N6OS. The molecule has 0 aliphatic heterocycles. The molecular weight excluding hydrogens is 324 g/mol. The number of imidazole rings is 1. The van der Waals surface area contributed by atoms with Crippen LogP contribution in [0.1, 0.15) is 5.69 Å². The molecule has 1 amide bonds. The van der Waals surface area contributed by atoms with E-state index in [4.69, 9.17) is 5.84 Å². The van der Waals surface area contributed by atoms with E-state index in [0.29, 0.717) is 11.0 Å². The number of carbonyl (C=O) groups excluding carboxylic acids is 1. The van der Waals surface area contributed by atoms with Gasteiger partial charge in [0.25, 0.3) is 0 Å². The number of nitrogens with one attached hydrogen (secondary N) is 1. The van der Waals surface area contributed by atoms with Crippen LogP contribution in [0, 0.1) is 6.92 Å². The number of nitrogens with zero attached hydrogens (tertiary/aromatic N) is 4. The number of aromatic nitrogens is 4. The van der Waals surface area contributed by atoms with Crippen LogP contribution in [0.2, 0.25) is 0 Å². The lowest BCUT2D eigenvalue weighted by atomic mass is 10.2. The van der Waals surface area contributed by atoms with E-state index in [0.717, 1.165) is 17.0 Å². The zero-order valence-corrected chi connectivity index (χ0v) is 14.2. The van der Waals surface area contributed by atoms with Crippen molar-refractivity contribution in [1.29, 1.82) is 0 Å². The highest BCUT2D eigenvalue weighted by Crippen LogP contribution is 2.22. The number of amides is 1. The molecule has 0 saturated heterocycles. The third kappa shape index (κ3) is 3.60. The molecule has 0 atom stereocenters. The predicted octanol–water partition coefficient (Wildman–Crippen LogP) is 2.04. The van der Waals surface area contributed by atoms with E-state index in [1.54, 1.807) is 17.9 Å². The summed E-state index contributed by atoms with van der Waals surface area (Å²) in [5, 5.41) is 7.60. The Kier molecular flexibility index (Phi) is 4.57. The predicted molar refractivity (Wildman–Crippen MR) is 95.1 cm³/mol. The van der Waals surface area contributed by atoms with Gasteiger partial charge in [0.05, 0.1) is 23.3 Å². The van der Waals surface area contributed by atoms with Crippen LogP contribution in [0.5, 0.6) is 0 Å². The minimum atomic E-state index is -0.132. The number of aryl methyl sites for hydroxylation is 2. The van der Waals surface area contributed by atoms with Crippen LogP contribution in [0.25, 0.3) is 11.3 Å². The largest absolute Gasteiger partial charge is 0.337 e. The Morgan fingerprint density at radius 2 is 2.08 bits per heavy atom. The van der Waals surface area contributed by atoms with Gasteiger partial charge in [-0.1, -0.05) is 42.1 Å². The van der Waals surface area contributed by atoms with E-state index >= 15 is 0 Å². The van der Waals surface area contributed by atoms with Crippen molar-refractivity contribution in [1.82, 2.24) is 19.4 Å². The Hall–Kier alpha value is -2.74. The number of hydrogen-bond acceptors (Lipinski definition) is 5. The first-order valence-corrected chi connectivity index (χ1v) is 8.34. The molecule has 124 valence electrons. The zero-order chi connectivity index (χ0) is 17.1. The summed E-state index contributed by atoms with van der Waals surface area (Å²) >= 11 is 1.29. The van der Waals surface area contributed by atoms with Gasteiger partial charge in [0.1, 0.15) is 5.82 Å². The Bertz CT molecular complexity index is 855. The summed E-state index contributed by atoms with van der Waals surface area (Å²) in [6.45, 7) is 1.88. The highest BCUT2D eigenvalue weighted by Gasteiger charge is 2.12. The minimum absolute atomic E-state index is 0.132. The summed E-state index contributed by atoms with van der Waals surface area (Å²) < 4.78 is 3.07. The van der Waals surface area contributed by atoms with Gasteiger partial charge in [-0.05, 0) is 6.92 Å². The highest BCUT2D eigenvalue weighted by atomic mass is 32.2. The van der Waals surface area contributed by atoms with Gasteiger partial charge in [-0.25, -0.2) is 9.66 Å². The van der Waals surface area contributed by atoms with Gasteiger partial charge < -0.3 is 11.2 Å². The SMILES string of the molecule is Cc1cc(NC(=O)CSc2nc(-c3ccccc3)cn2N)n(C)n1. The van der Waals surface area contributed by atoms with Crippen LogP contribution in [0.4, 0.5) is 5.82 Å². The lowest BCUT2D eigenvalue weighted by Crippen LogP contribution is -2.17. The molecule has 0 spiro atoms. The second-order valence-electron chi connectivity index (χ2n) is 5.31. The van der Waals surface area contributed by atoms with Gasteiger partial charge in [0.15, 0.2) is 5.16 Å². The van der Waals surface area contributed by atoms with Crippen LogP contribution >= 0.6 is 11.8 Å². The third-order valence-electron chi connectivity index (χ3n) is 3.37. The van der Waals surface area contributed by atoms with E-state index in [1.807, 2.05) is 43.3 Å². The lowest BCUT2D eigenvalue weighted by Gasteiger charge is -2.04. The molecule has 0 aliphatic rings. The monoisotopic (exact) mass is 342 g/mol. The summed E-state index contributed by atoms with van der Waals surface area (Å²) in [6.07, 6.45) is 1.75. The number of thioether (sulfide) groups is 1. The van der Waals surface area contributed by atoms with E-state index in [9.17, 15) is 4.79 Å². The summed E-state index contributed by atoms with van der Waals surface area (Å²) in [5.74, 6) is 6.68. The fourth-order valence-electron chi connectivity index (χ4n) is 2.27. The molecule has 0 unspecified atom stereocenters. The average Bonchev–Trinajstić information content (AvgIpc) is 3.08. The van der Waals surface area contributed by atoms with E-state index < -0.39 is 0 Å². The molecule has 0 saturated carbocycles. The van der Waals surface area contributed by atoms with Crippen molar-refractivity contribution >= 4 is 23.5 Å². The fourth-order valence-corrected chi connectivity index (χ4v) is 2.97. The Morgan fingerprint density at radius 1 is 1.33 bits per heavy atom. The summed E-state index contributed by atoms with van der Waals surface area (Å²) in [7, 11) is 1.79. The van der Waals surface area contributed by atoms with Crippen molar-refractivity contribution in [2.24, 2.45) is 7.05 Å².